The smallest absolute Gasteiger partial charge is 0.384 e. The number of halogens is 5. The molecule has 2 aliphatic heterocycles. The number of benzene rings is 1. The van der Waals surface area contributed by atoms with E-state index in [1.165, 1.54) is 28.1 Å². The largest absolute Gasteiger partial charge is 0.522 e. The Kier molecular flexibility index (Phi) is 6.67. The number of carbonyl (C=O) groups is 2. The van der Waals surface area contributed by atoms with E-state index >= 15 is 0 Å². The van der Waals surface area contributed by atoms with E-state index in [2.05, 4.69) is 14.8 Å². The van der Waals surface area contributed by atoms with Gasteiger partial charge in [0.15, 0.2) is 0 Å². The Morgan fingerprint density at radius 2 is 1.92 bits per heavy atom. The number of alkyl halides is 3. The number of ether oxygens (including phenoxy) is 1. The van der Waals surface area contributed by atoms with E-state index in [4.69, 9.17) is 5.73 Å². The first-order valence-electron chi connectivity index (χ1n) is 11.9. The van der Waals surface area contributed by atoms with Gasteiger partial charge in [-0.15, -0.1) is 13.2 Å². The van der Waals surface area contributed by atoms with Gasteiger partial charge in [0, 0.05) is 49.4 Å². The van der Waals surface area contributed by atoms with Gasteiger partial charge in [-0.25, -0.2) is 13.8 Å². The van der Waals surface area contributed by atoms with Crippen molar-refractivity contribution in [1.82, 2.24) is 24.6 Å². The molecule has 1 atom stereocenters. The molecule has 2 amide bonds. The summed E-state index contributed by atoms with van der Waals surface area (Å²) in [5, 5.41) is 4.43. The van der Waals surface area contributed by atoms with Crippen LogP contribution in [0.2, 0.25) is 0 Å². The number of pyridine rings is 1. The van der Waals surface area contributed by atoms with Crippen LogP contribution in [0.1, 0.15) is 34.8 Å². The van der Waals surface area contributed by atoms with Crippen LogP contribution in [-0.2, 0) is 16.1 Å². The predicted octanol–water partition coefficient (Wildman–Crippen LogP) is 3.06. The molecular formula is C24H23F5N6O3. The van der Waals surface area contributed by atoms with Crippen LogP contribution in [0.15, 0.2) is 30.5 Å². The molecule has 2 fully saturated rings. The number of nitrogen functional groups attached to an aromatic ring is 1. The number of rotatable bonds is 6. The molecule has 4 heterocycles. The fourth-order valence-corrected chi connectivity index (χ4v) is 4.99. The Morgan fingerprint density at radius 3 is 2.63 bits per heavy atom. The Labute approximate surface area is 212 Å². The Balaban J connectivity index is 1.35. The zero-order chi connectivity index (χ0) is 27.2. The Bertz CT molecular complexity index is 1390. The van der Waals surface area contributed by atoms with Crippen molar-refractivity contribution in [3.05, 3.63) is 53.4 Å². The lowest BCUT2D eigenvalue weighted by molar-refractivity contribution is -0.327. The number of nitrogens with two attached hydrogens (primary N) is 1. The molecule has 0 unspecified atom stereocenters. The molecule has 38 heavy (non-hydrogen) atoms. The SMILES string of the molecule is Nc1cc(C(=O)N2CC(c3nn(CC(=O)N4CCC[C@H]4COC(F)(F)F)c4cc(F)cc(F)c34)C2)ccn1. The molecule has 14 heteroatoms. The van der Waals surface area contributed by atoms with Crippen LogP contribution in [0.3, 0.4) is 0 Å². The molecule has 3 aromatic rings. The average molecular weight is 538 g/mol. The molecule has 202 valence electrons. The van der Waals surface area contributed by atoms with Gasteiger partial charge < -0.3 is 15.5 Å². The third-order valence-corrected chi connectivity index (χ3v) is 6.80. The molecule has 2 aliphatic rings. The highest BCUT2D eigenvalue weighted by atomic mass is 19.4. The van der Waals surface area contributed by atoms with Gasteiger partial charge in [0.25, 0.3) is 5.91 Å². The first-order chi connectivity index (χ1) is 18.0. The van der Waals surface area contributed by atoms with Crippen molar-refractivity contribution < 1.29 is 36.3 Å². The van der Waals surface area contributed by atoms with Gasteiger partial charge in [0.05, 0.1) is 29.2 Å². The lowest BCUT2D eigenvalue weighted by Gasteiger charge is -2.38. The number of nitrogens with zero attached hydrogens (tertiary/aromatic N) is 5. The monoisotopic (exact) mass is 538 g/mol. The molecule has 5 rings (SSSR count). The molecule has 0 saturated carbocycles. The van der Waals surface area contributed by atoms with Gasteiger partial charge in [0.2, 0.25) is 5.91 Å². The molecule has 0 spiro atoms. The van der Waals surface area contributed by atoms with Crippen molar-refractivity contribution in [2.75, 3.05) is 32.0 Å². The highest BCUT2D eigenvalue weighted by Crippen LogP contribution is 2.35. The first kappa shape index (κ1) is 25.8. The van der Waals surface area contributed by atoms with E-state index in [1.54, 1.807) is 0 Å². The fraction of sp³-hybridized carbons (Fsp3) is 0.417. The molecule has 0 bridgehead atoms. The second kappa shape index (κ2) is 9.82. The average Bonchev–Trinajstić information content (AvgIpc) is 3.41. The van der Waals surface area contributed by atoms with E-state index < -0.39 is 43.1 Å². The molecule has 0 aliphatic carbocycles. The number of carbonyl (C=O) groups excluding carboxylic acids is 2. The van der Waals surface area contributed by atoms with Crippen LogP contribution in [0, 0.1) is 11.6 Å². The fourth-order valence-electron chi connectivity index (χ4n) is 4.99. The number of hydrogen-bond acceptors (Lipinski definition) is 6. The maximum atomic E-state index is 14.9. The van der Waals surface area contributed by atoms with E-state index in [-0.39, 0.29) is 53.9 Å². The number of aromatic nitrogens is 3. The predicted molar refractivity (Wildman–Crippen MR) is 124 cm³/mol. The zero-order valence-corrected chi connectivity index (χ0v) is 19.9. The van der Waals surface area contributed by atoms with Crippen LogP contribution in [0.5, 0.6) is 0 Å². The lowest BCUT2D eigenvalue weighted by atomic mass is 9.93. The van der Waals surface area contributed by atoms with Crippen LogP contribution >= 0.6 is 0 Å². The standard InChI is InChI=1S/C24H23F5N6O3/c25-15-7-17(26)21-18(8-15)35(11-20(36)34-5-1-2-16(34)12-38-24(27,28)29)32-22(21)14-9-33(10-14)23(37)13-3-4-31-19(30)6-13/h3-4,6-8,14,16H,1-2,5,9-12H2,(H2,30,31)/t16-/m0/s1. The summed E-state index contributed by atoms with van der Waals surface area (Å²) in [7, 11) is 0. The minimum Gasteiger partial charge on any atom is -0.384 e. The Hall–Kier alpha value is -3.81. The van der Waals surface area contributed by atoms with Crippen molar-refractivity contribution in [3.63, 3.8) is 0 Å². The van der Waals surface area contributed by atoms with Gasteiger partial charge in [-0.1, -0.05) is 0 Å². The summed E-state index contributed by atoms with van der Waals surface area (Å²) in [6.45, 7) is -0.465. The number of likely N-dealkylation sites (tertiary alicyclic amines) is 2. The molecule has 2 aromatic heterocycles. The molecule has 2 saturated heterocycles. The summed E-state index contributed by atoms with van der Waals surface area (Å²) in [5.41, 5.74) is 6.30. The molecule has 1 aromatic carbocycles. The van der Waals surface area contributed by atoms with Gasteiger partial charge >= 0.3 is 6.36 Å². The Morgan fingerprint density at radius 1 is 1.16 bits per heavy atom. The van der Waals surface area contributed by atoms with Crippen LogP contribution in [0.4, 0.5) is 27.8 Å². The number of anilines is 1. The zero-order valence-electron chi connectivity index (χ0n) is 19.9. The summed E-state index contributed by atoms with van der Waals surface area (Å²) in [5.74, 6) is -2.75. The van der Waals surface area contributed by atoms with Crippen molar-refractivity contribution in [2.45, 2.75) is 37.7 Å². The highest BCUT2D eigenvalue weighted by Gasteiger charge is 2.38. The second-order valence-electron chi connectivity index (χ2n) is 9.34. The highest BCUT2D eigenvalue weighted by molar-refractivity contribution is 5.95. The number of amides is 2. The molecule has 9 nitrogen and oxygen atoms in total. The minimum absolute atomic E-state index is 0.0304. The van der Waals surface area contributed by atoms with Gasteiger partial charge in [-0.05, 0) is 25.0 Å². The minimum atomic E-state index is -4.82. The summed E-state index contributed by atoms with van der Waals surface area (Å²) in [6, 6.07) is 3.96. The van der Waals surface area contributed by atoms with Crippen molar-refractivity contribution in [3.8, 4) is 0 Å². The number of hydrogen-bond donors (Lipinski definition) is 1. The van der Waals surface area contributed by atoms with Crippen LogP contribution in [0.25, 0.3) is 10.9 Å². The second-order valence-corrected chi connectivity index (χ2v) is 9.34. The maximum absolute atomic E-state index is 14.9. The van der Waals surface area contributed by atoms with Gasteiger partial charge in [-0.3, -0.25) is 19.0 Å². The summed E-state index contributed by atoms with van der Waals surface area (Å²) >= 11 is 0. The molecule has 2 N–H and O–H groups in total. The lowest BCUT2D eigenvalue weighted by Crippen LogP contribution is -2.48. The van der Waals surface area contributed by atoms with E-state index in [0.717, 1.165) is 10.7 Å². The third kappa shape index (κ3) is 5.12. The third-order valence-electron chi connectivity index (χ3n) is 6.80. The number of fused-ring (bicyclic) bond motifs is 1. The molecule has 0 radical (unpaired) electrons. The van der Waals surface area contributed by atoms with Crippen molar-refractivity contribution in [1.29, 1.82) is 0 Å². The topological polar surface area (TPSA) is 107 Å². The normalized spacial score (nSPS) is 18.3. The van der Waals surface area contributed by atoms with Crippen LogP contribution < -0.4 is 5.73 Å². The van der Waals surface area contributed by atoms with Gasteiger partial charge in [-0.2, -0.15) is 5.10 Å². The van der Waals surface area contributed by atoms with Crippen molar-refractivity contribution >= 4 is 28.5 Å². The van der Waals surface area contributed by atoms with E-state index in [0.29, 0.717) is 24.5 Å². The van der Waals surface area contributed by atoms with Crippen LogP contribution in [-0.4, -0.2) is 75.0 Å². The van der Waals surface area contributed by atoms with E-state index in [1.807, 2.05) is 0 Å². The quantitative estimate of drug-likeness (QED) is 0.484. The van der Waals surface area contributed by atoms with Gasteiger partial charge in [0.1, 0.15) is 24.0 Å². The summed E-state index contributed by atoms with van der Waals surface area (Å²) < 4.78 is 71.6. The van der Waals surface area contributed by atoms with E-state index in [9.17, 15) is 31.5 Å². The first-order valence-corrected chi connectivity index (χ1v) is 11.9. The summed E-state index contributed by atoms with van der Waals surface area (Å²) in [4.78, 5) is 32.4. The molecular weight excluding hydrogens is 515 g/mol. The maximum Gasteiger partial charge on any atom is 0.522 e. The van der Waals surface area contributed by atoms with Crippen molar-refractivity contribution in [2.24, 2.45) is 0 Å². The summed E-state index contributed by atoms with van der Waals surface area (Å²) in [6.07, 6.45) is -2.57.